The fourth-order valence-corrected chi connectivity index (χ4v) is 1.06. The van der Waals surface area contributed by atoms with Crippen LogP contribution in [0.3, 0.4) is 0 Å². The molecule has 0 aliphatic carbocycles. The Hall–Kier alpha value is -1.75. The predicted molar refractivity (Wildman–Crippen MR) is 57.4 cm³/mol. The molecule has 6 heteroatoms. The van der Waals surface area contributed by atoms with Crippen LogP contribution in [0.2, 0.25) is 0 Å². The van der Waals surface area contributed by atoms with Gasteiger partial charge in [0.2, 0.25) is 5.91 Å². The zero-order chi connectivity index (χ0) is 11.3. The molecule has 0 saturated heterocycles. The number of carbonyl (C=O) groups is 2. The van der Waals surface area contributed by atoms with E-state index in [1.54, 1.807) is 18.2 Å². The first-order valence-electron chi connectivity index (χ1n) is 4.07. The standard InChI is InChI=1S/C9H9ClN2O3/c10-5-8(13)11-6-2-1-3-7(4-6)12-9(14)15/h1-4,12H,5H2,(H,11,13)(H,14,15). The van der Waals surface area contributed by atoms with E-state index in [4.69, 9.17) is 16.7 Å². The van der Waals surface area contributed by atoms with Gasteiger partial charge in [-0.15, -0.1) is 11.6 Å². The van der Waals surface area contributed by atoms with Crippen LogP contribution < -0.4 is 10.6 Å². The average Bonchev–Trinajstić information content (AvgIpc) is 2.17. The van der Waals surface area contributed by atoms with E-state index in [2.05, 4.69) is 10.6 Å². The lowest BCUT2D eigenvalue weighted by atomic mass is 10.3. The third kappa shape index (κ3) is 3.86. The van der Waals surface area contributed by atoms with Gasteiger partial charge in [0.15, 0.2) is 0 Å². The minimum Gasteiger partial charge on any atom is -0.465 e. The maximum absolute atomic E-state index is 10.9. The molecule has 0 aliphatic rings. The summed E-state index contributed by atoms with van der Waals surface area (Å²) in [7, 11) is 0. The highest BCUT2D eigenvalue weighted by Gasteiger charge is 2.02. The molecule has 3 N–H and O–H groups in total. The van der Waals surface area contributed by atoms with Gasteiger partial charge >= 0.3 is 6.09 Å². The number of anilines is 2. The first kappa shape index (κ1) is 11.3. The lowest BCUT2D eigenvalue weighted by Crippen LogP contribution is -2.13. The van der Waals surface area contributed by atoms with Crippen LogP contribution in [-0.4, -0.2) is 23.0 Å². The molecule has 0 radical (unpaired) electrons. The Morgan fingerprint density at radius 3 is 2.40 bits per heavy atom. The molecule has 0 atom stereocenters. The van der Waals surface area contributed by atoms with Crippen LogP contribution >= 0.6 is 11.6 Å². The van der Waals surface area contributed by atoms with Crippen LogP contribution in [0.15, 0.2) is 24.3 Å². The van der Waals surface area contributed by atoms with Gasteiger partial charge in [0, 0.05) is 11.4 Å². The zero-order valence-electron chi connectivity index (χ0n) is 7.66. The van der Waals surface area contributed by atoms with Crippen molar-refractivity contribution in [3.05, 3.63) is 24.3 Å². The Morgan fingerprint density at radius 1 is 1.27 bits per heavy atom. The summed E-state index contributed by atoms with van der Waals surface area (Å²) in [5.41, 5.74) is 0.877. The Balaban J connectivity index is 2.74. The second-order valence-corrected chi connectivity index (χ2v) is 2.96. The molecule has 0 fully saturated rings. The number of amides is 2. The van der Waals surface area contributed by atoms with Crippen molar-refractivity contribution in [2.45, 2.75) is 0 Å². The molecule has 1 aromatic carbocycles. The second-order valence-electron chi connectivity index (χ2n) is 2.69. The molecule has 5 nitrogen and oxygen atoms in total. The number of hydrogen-bond donors (Lipinski definition) is 3. The van der Waals surface area contributed by atoms with Gasteiger partial charge in [-0.05, 0) is 18.2 Å². The Labute approximate surface area is 91.0 Å². The van der Waals surface area contributed by atoms with E-state index in [9.17, 15) is 9.59 Å². The topological polar surface area (TPSA) is 78.4 Å². The summed E-state index contributed by atoms with van der Waals surface area (Å²) in [5.74, 6) is -0.486. The zero-order valence-corrected chi connectivity index (χ0v) is 8.41. The van der Waals surface area contributed by atoms with Crippen LogP contribution in [0.1, 0.15) is 0 Å². The number of rotatable bonds is 3. The van der Waals surface area contributed by atoms with Crippen LogP contribution in [0.25, 0.3) is 0 Å². The van der Waals surface area contributed by atoms with Gasteiger partial charge in [0.05, 0.1) is 0 Å². The highest BCUT2D eigenvalue weighted by Crippen LogP contribution is 2.14. The van der Waals surface area contributed by atoms with Crippen molar-refractivity contribution in [1.82, 2.24) is 0 Å². The molecule has 80 valence electrons. The Bertz CT molecular complexity index is 381. The molecule has 0 aromatic heterocycles. The quantitative estimate of drug-likeness (QED) is 0.692. The molecule has 15 heavy (non-hydrogen) atoms. The monoisotopic (exact) mass is 228 g/mol. The van der Waals surface area contributed by atoms with E-state index in [0.717, 1.165) is 0 Å². The normalized spacial score (nSPS) is 9.40. The van der Waals surface area contributed by atoms with Crippen LogP contribution in [-0.2, 0) is 4.79 Å². The second kappa shape index (κ2) is 5.21. The van der Waals surface area contributed by atoms with Crippen LogP contribution in [0, 0.1) is 0 Å². The van der Waals surface area contributed by atoms with Gasteiger partial charge in [-0.1, -0.05) is 6.07 Å². The summed E-state index contributed by atoms with van der Waals surface area (Å²) in [5, 5.41) is 13.1. The molecule has 0 heterocycles. The smallest absolute Gasteiger partial charge is 0.409 e. The number of halogens is 1. The molecule has 0 spiro atoms. The summed E-state index contributed by atoms with van der Waals surface area (Å²) in [6, 6.07) is 6.33. The Morgan fingerprint density at radius 2 is 1.87 bits per heavy atom. The lowest BCUT2D eigenvalue weighted by Gasteiger charge is -2.05. The number of benzene rings is 1. The van der Waals surface area contributed by atoms with Crippen LogP contribution in [0.4, 0.5) is 16.2 Å². The molecule has 1 rings (SSSR count). The molecular weight excluding hydrogens is 220 g/mol. The van der Waals surface area contributed by atoms with Crippen molar-refractivity contribution in [2.24, 2.45) is 0 Å². The minimum absolute atomic E-state index is 0.142. The maximum atomic E-state index is 10.9. The molecular formula is C9H9ClN2O3. The summed E-state index contributed by atoms with van der Waals surface area (Å²) >= 11 is 5.30. The van der Waals surface area contributed by atoms with E-state index >= 15 is 0 Å². The first-order chi connectivity index (χ1) is 7.11. The van der Waals surface area contributed by atoms with Gasteiger partial charge in [0.1, 0.15) is 5.88 Å². The van der Waals surface area contributed by atoms with Gasteiger partial charge in [-0.2, -0.15) is 0 Å². The summed E-state index contributed by atoms with van der Waals surface area (Å²) in [4.78, 5) is 21.3. The molecule has 0 bridgehead atoms. The van der Waals surface area contributed by atoms with Gasteiger partial charge < -0.3 is 10.4 Å². The lowest BCUT2D eigenvalue weighted by molar-refractivity contribution is -0.113. The maximum Gasteiger partial charge on any atom is 0.409 e. The molecule has 2 amide bonds. The van der Waals surface area contributed by atoms with Crippen molar-refractivity contribution < 1.29 is 14.7 Å². The highest BCUT2D eigenvalue weighted by molar-refractivity contribution is 6.29. The minimum atomic E-state index is -1.16. The van der Waals surface area contributed by atoms with E-state index < -0.39 is 6.09 Å². The first-order valence-corrected chi connectivity index (χ1v) is 4.61. The molecule has 0 unspecified atom stereocenters. The van der Waals surface area contributed by atoms with Gasteiger partial charge in [-0.25, -0.2) is 4.79 Å². The third-order valence-electron chi connectivity index (χ3n) is 1.52. The highest BCUT2D eigenvalue weighted by atomic mass is 35.5. The SMILES string of the molecule is O=C(O)Nc1cccc(NC(=O)CCl)c1. The van der Waals surface area contributed by atoms with Crippen molar-refractivity contribution in [1.29, 1.82) is 0 Å². The molecule has 0 saturated carbocycles. The number of carboxylic acid groups (broad SMARTS) is 1. The fraction of sp³-hybridized carbons (Fsp3) is 0.111. The predicted octanol–water partition coefficient (Wildman–Crippen LogP) is 1.95. The molecule has 1 aromatic rings. The van der Waals surface area contributed by atoms with Crippen molar-refractivity contribution in [3.8, 4) is 0 Å². The van der Waals surface area contributed by atoms with E-state index in [0.29, 0.717) is 11.4 Å². The van der Waals surface area contributed by atoms with Crippen molar-refractivity contribution >= 4 is 35.0 Å². The van der Waals surface area contributed by atoms with Crippen molar-refractivity contribution in [3.63, 3.8) is 0 Å². The van der Waals surface area contributed by atoms with E-state index in [-0.39, 0.29) is 11.8 Å². The molecule has 0 aliphatic heterocycles. The summed E-state index contributed by atoms with van der Waals surface area (Å²) in [6.45, 7) is 0. The summed E-state index contributed by atoms with van der Waals surface area (Å²) in [6.07, 6.45) is -1.16. The number of nitrogens with one attached hydrogen (secondary N) is 2. The third-order valence-corrected chi connectivity index (χ3v) is 1.76. The largest absolute Gasteiger partial charge is 0.465 e. The van der Waals surface area contributed by atoms with Crippen molar-refractivity contribution in [2.75, 3.05) is 16.5 Å². The average molecular weight is 229 g/mol. The fourth-order valence-electron chi connectivity index (χ4n) is 0.993. The number of alkyl halides is 1. The summed E-state index contributed by atoms with van der Waals surface area (Å²) < 4.78 is 0. The van der Waals surface area contributed by atoms with E-state index in [1.807, 2.05) is 0 Å². The van der Waals surface area contributed by atoms with Crippen LogP contribution in [0.5, 0.6) is 0 Å². The van der Waals surface area contributed by atoms with E-state index in [1.165, 1.54) is 6.07 Å². The Kier molecular flexibility index (Phi) is 3.93. The number of hydrogen-bond acceptors (Lipinski definition) is 2. The van der Waals surface area contributed by atoms with Gasteiger partial charge in [0.25, 0.3) is 0 Å². The number of carbonyl (C=O) groups excluding carboxylic acids is 1. The van der Waals surface area contributed by atoms with Gasteiger partial charge in [-0.3, -0.25) is 10.1 Å².